The number of aromatic nitrogens is 3. The summed E-state index contributed by atoms with van der Waals surface area (Å²) >= 11 is 0. The zero-order valence-corrected chi connectivity index (χ0v) is 21.9. The average Bonchev–Trinajstić information content (AvgIpc) is 3.44. The van der Waals surface area contributed by atoms with Crippen LogP contribution in [0.15, 0.2) is 35.6 Å². The second-order valence-corrected chi connectivity index (χ2v) is 7.92. The number of likely N-dealkylation sites (tertiary alicyclic amines) is 1. The Bertz CT molecular complexity index is 809. The minimum Gasteiger partial charge on any atom is -0.492 e. The fraction of sp³-hybridized carbons (Fsp3) is 0.609. The van der Waals surface area contributed by atoms with Gasteiger partial charge in [0.2, 0.25) is 0 Å². The smallest absolute Gasteiger partial charge is 0.191 e. The van der Waals surface area contributed by atoms with E-state index in [0.717, 1.165) is 50.1 Å². The van der Waals surface area contributed by atoms with Crippen LogP contribution in [0.5, 0.6) is 5.75 Å². The molecule has 1 saturated heterocycles. The van der Waals surface area contributed by atoms with Crippen molar-refractivity contribution in [3.63, 3.8) is 0 Å². The SMILES string of the molecule is CCc1nncn1CCNC(=NCC1CCCN1CC)NCCOc1ccc(C)cc1.I. The maximum atomic E-state index is 5.84. The van der Waals surface area contributed by atoms with Gasteiger partial charge in [0.1, 0.15) is 24.5 Å². The largest absolute Gasteiger partial charge is 0.492 e. The van der Waals surface area contributed by atoms with Gasteiger partial charge in [-0.15, -0.1) is 34.2 Å². The Balaban J connectivity index is 0.00000363. The highest BCUT2D eigenvalue weighted by Gasteiger charge is 2.22. The van der Waals surface area contributed by atoms with E-state index in [9.17, 15) is 0 Å². The number of likely N-dealkylation sites (N-methyl/N-ethyl adjacent to an activating group) is 1. The van der Waals surface area contributed by atoms with Crippen molar-refractivity contribution >= 4 is 29.9 Å². The zero-order chi connectivity index (χ0) is 21.9. The van der Waals surface area contributed by atoms with Gasteiger partial charge in [0.05, 0.1) is 13.1 Å². The van der Waals surface area contributed by atoms with Crippen molar-refractivity contribution in [1.82, 2.24) is 30.3 Å². The summed E-state index contributed by atoms with van der Waals surface area (Å²) in [5.74, 6) is 2.73. The van der Waals surface area contributed by atoms with Crippen molar-refractivity contribution in [3.8, 4) is 5.75 Å². The number of aryl methyl sites for hydroxylation is 2. The Morgan fingerprint density at radius 3 is 2.72 bits per heavy atom. The highest BCUT2D eigenvalue weighted by molar-refractivity contribution is 14.0. The van der Waals surface area contributed by atoms with Gasteiger partial charge in [0.15, 0.2) is 5.96 Å². The van der Waals surface area contributed by atoms with Crippen molar-refractivity contribution in [2.24, 2.45) is 4.99 Å². The Labute approximate surface area is 209 Å². The van der Waals surface area contributed by atoms with E-state index in [1.807, 2.05) is 12.1 Å². The van der Waals surface area contributed by atoms with Gasteiger partial charge in [-0.05, 0) is 45.0 Å². The van der Waals surface area contributed by atoms with E-state index in [1.165, 1.54) is 24.9 Å². The number of nitrogens with zero attached hydrogens (tertiary/aromatic N) is 5. The van der Waals surface area contributed by atoms with Gasteiger partial charge < -0.3 is 19.9 Å². The van der Waals surface area contributed by atoms with E-state index in [0.29, 0.717) is 19.2 Å². The Morgan fingerprint density at radius 1 is 1.19 bits per heavy atom. The number of nitrogens with one attached hydrogen (secondary N) is 2. The molecule has 1 unspecified atom stereocenters. The molecule has 2 heterocycles. The Kier molecular flexibility index (Phi) is 11.8. The summed E-state index contributed by atoms with van der Waals surface area (Å²) in [6, 6.07) is 8.68. The second-order valence-electron chi connectivity index (χ2n) is 7.92. The van der Waals surface area contributed by atoms with Gasteiger partial charge in [-0.25, -0.2) is 0 Å². The third-order valence-corrected chi connectivity index (χ3v) is 5.71. The Morgan fingerprint density at radius 2 is 1.97 bits per heavy atom. The maximum Gasteiger partial charge on any atom is 0.191 e. The van der Waals surface area contributed by atoms with E-state index >= 15 is 0 Å². The summed E-state index contributed by atoms with van der Waals surface area (Å²) in [5.41, 5.74) is 1.23. The van der Waals surface area contributed by atoms with Crippen LogP contribution >= 0.6 is 24.0 Å². The molecule has 2 aromatic rings. The molecule has 0 bridgehead atoms. The van der Waals surface area contributed by atoms with Crippen molar-refractivity contribution in [3.05, 3.63) is 42.0 Å². The zero-order valence-electron chi connectivity index (χ0n) is 19.6. The van der Waals surface area contributed by atoms with Gasteiger partial charge in [0, 0.05) is 25.6 Å². The highest BCUT2D eigenvalue weighted by atomic mass is 127. The molecule has 3 rings (SSSR count). The molecule has 1 aromatic heterocycles. The number of guanidine groups is 1. The third-order valence-electron chi connectivity index (χ3n) is 5.71. The predicted molar refractivity (Wildman–Crippen MR) is 140 cm³/mol. The molecule has 178 valence electrons. The molecule has 9 heteroatoms. The Hall–Kier alpha value is -1.88. The number of hydrogen-bond donors (Lipinski definition) is 2. The molecular weight excluding hydrogens is 517 g/mol. The fourth-order valence-electron chi connectivity index (χ4n) is 3.90. The molecule has 2 N–H and O–H groups in total. The van der Waals surface area contributed by atoms with E-state index < -0.39 is 0 Å². The molecule has 32 heavy (non-hydrogen) atoms. The van der Waals surface area contributed by atoms with Gasteiger partial charge in [-0.1, -0.05) is 31.5 Å². The van der Waals surface area contributed by atoms with Crippen molar-refractivity contribution < 1.29 is 4.74 Å². The van der Waals surface area contributed by atoms with Crippen LogP contribution in [0.4, 0.5) is 0 Å². The molecule has 0 radical (unpaired) electrons. The minimum atomic E-state index is 0. The molecule has 1 aromatic carbocycles. The van der Waals surface area contributed by atoms with E-state index in [4.69, 9.17) is 9.73 Å². The third kappa shape index (κ3) is 8.23. The number of hydrogen-bond acceptors (Lipinski definition) is 5. The topological polar surface area (TPSA) is 79.6 Å². The first kappa shape index (κ1) is 26.4. The standard InChI is InChI=1S/C23H37N7O.HI/c1-4-22-28-27-18-30(22)15-12-24-23(26-17-20-7-6-14-29(20)5-2)25-13-16-31-21-10-8-19(3)9-11-21;/h8-11,18,20H,4-7,12-17H2,1-3H3,(H2,24,25,26);1H. The van der Waals surface area contributed by atoms with Gasteiger partial charge >= 0.3 is 0 Å². The van der Waals surface area contributed by atoms with Crippen LogP contribution in [0.1, 0.15) is 38.1 Å². The minimum absolute atomic E-state index is 0. The maximum absolute atomic E-state index is 5.84. The van der Waals surface area contributed by atoms with Crippen molar-refractivity contribution in [2.75, 3.05) is 39.3 Å². The molecular formula is C23H38IN7O. The van der Waals surface area contributed by atoms with E-state index in [1.54, 1.807) is 6.33 Å². The number of halogens is 1. The van der Waals surface area contributed by atoms with Crippen LogP contribution in [0.2, 0.25) is 0 Å². The lowest BCUT2D eigenvalue weighted by molar-refractivity contribution is 0.272. The average molecular weight is 556 g/mol. The summed E-state index contributed by atoms with van der Waals surface area (Å²) in [6.07, 6.45) is 5.16. The van der Waals surface area contributed by atoms with Crippen LogP contribution < -0.4 is 15.4 Å². The van der Waals surface area contributed by atoms with Crippen molar-refractivity contribution in [2.45, 2.75) is 52.6 Å². The summed E-state index contributed by atoms with van der Waals surface area (Å²) in [7, 11) is 0. The quantitative estimate of drug-likeness (QED) is 0.192. The summed E-state index contributed by atoms with van der Waals surface area (Å²) in [5, 5.41) is 15.0. The number of rotatable bonds is 11. The molecule has 0 spiro atoms. The van der Waals surface area contributed by atoms with Crippen LogP contribution in [0.3, 0.4) is 0 Å². The normalized spacial score (nSPS) is 16.6. The molecule has 0 saturated carbocycles. The first-order valence-corrected chi connectivity index (χ1v) is 11.5. The van der Waals surface area contributed by atoms with Crippen molar-refractivity contribution in [1.29, 1.82) is 0 Å². The monoisotopic (exact) mass is 555 g/mol. The lowest BCUT2D eigenvalue weighted by atomic mass is 10.2. The van der Waals surface area contributed by atoms with E-state index in [2.05, 4.69) is 63.2 Å². The number of aliphatic imine (C=N–C) groups is 1. The molecule has 8 nitrogen and oxygen atoms in total. The fourth-order valence-corrected chi connectivity index (χ4v) is 3.90. The lowest BCUT2D eigenvalue weighted by Gasteiger charge is -2.21. The van der Waals surface area contributed by atoms with Gasteiger partial charge in [-0.3, -0.25) is 9.89 Å². The summed E-state index contributed by atoms with van der Waals surface area (Å²) < 4.78 is 7.93. The molecule has 1 atom stereocenters. The van der Waals surface area contributed by atoms with E-state index in [-0.39, 0.29) is 24.0 Å². The summed E-state index contributed by atoms with van der Waals surface area (Å²) in [6.45, 7) is 12.3. The van der Waals surface area contributed by atoms with Crippen LogP contribution in [0.25, 0.3) is 0 Å². The first-order valence-electron chi connectivity index (χ1n) is 11.5. The number of ether oxygens (including phenoxy) is 1. The predicted octanol–water partition coefficient (Wildman–Crippen LogP) is 2.87. The van der Waals surface area contributed by atoms with Crippen LogP contribution in [-0.2, 0) is 13.0 Å². The molecule has 0 aliphatic carbocycles. The number of benzene rings is 1. The highest BCUT2D eigenvalue weighted by Crippen LogP contribution is 2.16. The molecule has 1 aliphatic rings. The first-order chi connectivity index (χ1) is 15.2. The van der Waals surface area contributed by atoms with Gasteiger partial charge in [0.25, 0.3) is 0 Å². The lowest BCUT2D eigenvalue weighted by Crippen LogP contribution is -2.42. The van der Waals surface area contributed by atoms with Crippen LogP contribution in [0, 0.1) is 6.92 Å². The van der Waals surface area contributed by atoms with Gasteiger partial charge in [-0.2, -0.15) is 0 Å². The molecule has 1 aliphatic heterocycles. The summed E-state index contributed by atoms with van der Waals surface area (Å²) in [4.78, 5) is 7.40. The second kappa shape index (κ2) is 14.3. The van der Waals surface area contributed by atoms with Crippen LogP contribution in [-0.4, -0.2) is 71.0 Å². The molecule has 1 fully saturated rings. The molecule has 0 amide bonds.